The van der Waals surface area contributed by atoms with Gasteiger partial charge in [0.15, 0.2) is 5.82 Å². The van der Waals surface area contributed by atoms with E-state index in [2.05, 4.69) is 25.2 Å². The monoisotopic (exact) mass is 432 g/mol. The van der Waals surface area contributed by atoms with Crippen LogP contribution >= 0.6 is 11.6 Å². The number of nitrogens with one attached hydrogen (secondary N) is 1. The third-order valence-corrected chi connectivity index (χ3v) is 4.52. The van der Waals surface area contributed by atoms with Crippen molar-refractivity contribution in [1.29, 1.82) is 0 Å². The van der Waals surface area contributed by atoms with Crippen LogP contribution in [0, 0.1) is 0 Å². The molecule has 0 saturated heterocycles. The van der Waals surface area contributed by atoms with Gasteiger partial charge in [0.05, 0.1) is 5.69 Å². The number of rotatable bonds is 7. The lowest BCUT2D eigenvalue weighted by Gasteiger charge is -2.03. The Kier molecular flexibility index (Phi) is 6.00. The number of ether oxygens (including phenoxy) is 1. The van der Waals surface area contributed by atoms with Crippen LogP contribution in [0.3, 0.4) is 0 Å². The van der Waals surface area contributed by atoms with Crippen LogP contribution in [0.5, 0.6) is 11.8 Å². The Balaban J connectivity index is 1.56. The van der Waals surface area contributed by atoms with Gasteiger partial charge in [0.1, 0.15) is 11.3 Å². The number of aromatic nitrogens is 4. The van der Waals surface area contributed by atoms with Crippen molar-refractivity contribution in [3.8, 4) is 11.8 Å². The summed E-state index contributed by atoms with van der Waals surface area (Å²) in [6, 6.07) is 16.5. The summed E-state index contributed by atoms with van der Waals surface area (Å²) in [6.45, 7) is 0. The largest absolute Gasteiger partial charge is 0.424 e. The maximum Gasteiger partial charge on any atom is 0.321 e. The molecule has 0 radical (unpaired) electrons. The molecule has 154 valence electrons. The van der Waals surface area contributed by atoms with Gasteiger partial charge in [-0.3, -0.25) is 9.89 Å². The first-order valence-electron chi connectivity index (χ1n) is 9.29. The Morgan fingerprint density at radius 1 is 1.13 bits per heavy atom. The van der Waals surface area contributed by atoms with Crippen LogP contribution in [-0.4, -0.2) is 32.3 Å². The molecule has 0 aliphatic carbocycles. The highest BCUT2D eigenvalue weighted by Crippen LogP contribution is 2.23. The van der Waals surface area contributed by atoms with E-state index in [9.17, 15) is 4.79 Å². The molecule has 4 aromatic rings. The van der Waals surface area contributed by atoms with Gasteiger partial charge in [0.25, 0.3) is 5.91 Å². The first kappa shape index (κ1) is 20.2. The van der Waals surface area contributed by atoms with Crippen molar-refractivity contribution in [2.75, 3.05) is 0 Å². The highest BCUT2D eigenvalue weighted by molar-refractivity contribution is 6.30. The number of primary amides is 1. The molecule has 0 aliphatic rings. The predicted molar refractivity (Wildman–Crippen MR) is 117 cm³/mol. The third kappa shape index (κ3) is 5.12. The van der Waals surface area contributed by atoms with Gasteiger partial charge >= 0.3 is 6.01 Å². The Morgan fingerprint density at radius 3 is 2.71 bits per heavy atom. The smallest absolute Gasteiger partial charge is 0.321 e. The summed E-state index contributed by atoms with van der Waals surface area (Å²) in [6.07, 6.45) is 5.18. The zero-order valence-corrected chi connectivity index (χ0v) is 17.0. The number of amides is 1. The molecule has 0 unspecified atom stereocenters. The SMILES string of the molecule is NC(=O)c1c(N=Cc2cccc(Oc3ncccn3)c2)n[nH]c1Cc1cccc(Cl)c1. The number of nitrogens with zero attached hydrogens (tertiary/aromatic N) is 4. The summed E-state index contributed by atoms with van der Waals surface area (Å²) < 4.78 is 5.62. The number of hydrogen-bond acceptors (Lipinski definition) is 6. The number of H-pyrrole nitrogens is 1. The van der Waals surface area contributed by atoms with Crippen molar-refractivity contribution in [1.82, 2.24) is 20.2 Å². The standard InChI is InChI=1S/C22H17ClN6O2/c23-16-6-1-4-14(10-16)12-18-19(20(24)30)21(29-28-18)27-13-15-5-2-7-17(11-15)31-22-25-8-3-9-26-22/h1-11,13H,12H2,(H2,24,30)(H,28,29). The maximum absolute atomic E-state index is 12.1. The number of aromatic amines is 1. The lowest BCUT2D eigenvalue weighted by molar-refractivity contribution is 0.100. The molecular formula is C22H17ClN6O2. The van der Waals surface area contributed by atoms with E-state index in [0.29, 0.717) is 22.9 Å². The minimum Gasteiger partial charge on any atom is -0.424 e. The summed E-state index contributed by atoms with van der Waals surface area (Å²) in [5.41, 5.74) is 8.05. The molecule has 3 N–H and O–H groups in total. The molecule has 31 heavy (non-hydrogen) atoms. The molecule has 9 heteroatoms. The Hall–Kier alpha value is -4.04. The van der Waals surface area contributed by atoms with Crippen LogP contribution in [0.1, 0.15) is 27.2 Å². The minimum absolute atomic E-state index is 0.210. The zero-order chi connectivity index (χ0) is 21.6. The van der Waals surface area contributed by atoms with Gasteiger partial charge in [-0.15, -0.1) is 0 Å². The summed E-state index contributed by atoms with van der Waals surface area (Å²) >= 11 is 6.04. The Bertz CT molecular complexity index is 1240. The number of carbonyl (C=O) groups excluding carboxylic acids is 1. The van der Waals surface area contributed by atoms with E-state index < -0.39 is 5.91 Å². The fraction of sp³-hybridized carbons (Fsp3) is 0.0455. The molecule has 4 rings (SSSR count). The average molecular weight is 433 g/mol. The van der Waals surface area contributed by atoms with Crippen molar-refractivity contribution in [3.63, 3.8) is 0 Å². The first-order valence-corrected chi connectivity index (χ1v) is 9.67. The van der Waals surface area contributed by atoms with E-state index in [0.717, 1.165) is 11.1 Å². The fourth-order valence-electron chi connectivity index (χ4n) is 2.94. The average Bonchev–Trinajstić information content (AvgIpc) is 3.16. The number of benzene rings is 2. The molecule has 0 spiro atoms. The molecule has 0 fully saturated rings. The topological polar surface area (TPSA) is 119 Å². The highest BCUT2D eigenvalue weighted by Gasteiger charge is 2.18. The van der Waals surface area contributed by atoms with Crippen molar-refractivity contribution >= 4 is 29.5 Å². The summed E-state index contributed by atoms with van der Waals surface area (Å²) in [5, 5.41) is 7.62. The number of aliphatic imine (C=N–C) groups is 1. The van der Waals surface area contributed by atoms with E-state index in [1.165, 1.54) is 0 Å². The molecular weight excluding hydrogens is 416 g/mol. The van der Waals surface area contributed by atoms with Crippen molar-refractivity contribution in [2.45, 2.75) is 6.42 Å². The molecule has 2 heterocycles. The molecule has 0 bridgehead atoms. The second-order valence-electron chi connectivity index (χ2n) is 6.54. The molecule has 0 atom stereocenters. The number of nitrogens with two attached hydrogens (primary N) is 1. The first-order chi connectivity index (χ1) is 15.1. The minimum atomic E-state index is -0.615. The van der Waals surface area contributed by atoms with Gasteiger partial charge in [-0.05, 0) is 41.5 Å². The highest BCUT2D eigenvalue weighted by atomic mass is 35.5. The Morgan fingerprint density at radius 2 is 1.94 bits per heavy atom. The molecule has 0 saturated carbocycles. The predicted octanol–water partition coefficient (Wildman–Crippen LogP) is 4.09. The van der Waals surface area contributed by atoms with Gasteiger partial charge in [0.2, 0.25) is 0 Å². The summed E-state index contributed by atoms with van der Waals surface area (Å²) in [7, 11) is 0. The second-order valence-corrected chi connectivity index (χ2v) is 6.97. The summed E-state index contributed by atoms with van der Waals surface area (Å²) in [5.74, 6) is 0.146. The lowest BCUT2D eigenvalue weighted by atomic mass is 10.1. The van der Waals surface area contributed by atoms with Gasteiger partial charge in [-0.2, -0.15) is 5.10 Å². The third-order valence-electron chi connectivity index (χ3n) is 4.28. The van der Waals surface area contributed by atoms with E-state index in [1.54, 1.807) is 42.9 Å². The number of hydrogen-bond donors (Lipinski definition) is 2. The van der Waals surface area contributed by atoms with Gasteiger partial charge < -0.3 is 10.5 Å². The van der Waals surface area contributed by atoms with Gasteiger partial charge in [-0.1, -0.05) is 35.9 Å². The number of halogens is 1. The maximum atomic E-state index is 12.1. The van der Waals surface area contributed by atoms with Crippen LogP contribution in [0.25, 0.3) is 0 Å². The molecule has 0 aliphatic heterocycles. The quantitative estimate of drug-likeness (QED) is 0.426. The van der Waals surface area contributed by atoms with Crippen molar-refractivity contribution in [2.24, 2.45) is 10.7 Å². The lowest BCUT2D eigenvalue weighted by Crippen LogP contribution is -2.13. The zero-order valence-electron chi connectivity index (χ0n) is 16.2. The van der Waals surface area contributed by atoms with E-state index in [1.807, 2.05) is 30.3 Å². The van der Waals surface area contributed by atoms with Gasteiger partial charge in [-0.25, -0.2) is 15.0 Å². The van der Waals surface area contributed by atoms with Crippen molar-refractivity contribution in [3.05, 3.63) is 94.4 Å². The van der Waals surface area contributed by atoms with Crippen LogP contribution < -0.4 is 10.5 Å². The van der Waals surface area contributed by atoms with Crippen molar-refractivity contribution < 1.29 is 9.53 Å². The molecule has 1 amide bonds. The van der Waals surface area contributed by atoms with E-state index in [4.69, 9.17) is 22.1 Å². The van der Waals surface area contributed by atoms with Crippen LogP contribution in [0.15, 0.2) is 72.0 Å². The molecule has 2 aromatic heterocycles. The number of carbonyl (C=O) groups is 1. The van der Waals surface area contributed by atoms with Crippen LogP contribution in [0.2, 0.25) is 5.02 Å². The summed E-state index contributed by atoms with van der Waals surface area (Å²) in [4.78, 5) is 24.5. The van der Waals surface area contributed by atoms with E-state index >= 15 is 0 Å². The molecule has 8 nitrogen and oxygen atoms in total. The van der Waals surface area contributed by atoms with Crippen LogP contribution in [0.4, 0.5) is 5.82 Å². The normalized spacial score (nSPS) is 11.0. The fourth-order valence-corrected chi connectivity index (χ4v) is 3.15. The second kappa shape index (κ2) is 9.19. The molecule has 2 aromatic carbocycles. The van der Waals surface area contributed by atoms with E-state index in [-0.39, 0.29) is 17.4 Å². The Labute approximate surface area is 182 Å². The van der Waals surface area contributed by atoms with Gasteiger partial charge in [0, 0.05) is 30.1 Å². The van der Waals surface area contributed by atoms with Crippen LogP contribution in [-0.2, 0) is 6.42 Å².